The lowest BCUT2D eigenvalue weighted by molar-refractivity contribution is -0.117. The first kappa shape index (κ1) is 6.14. The fourth-order valence-electron chi connectivity index (χ4n) is 1.54. The largest absolute Gasteiger partial charge is 0.295 e. The summed E-state index contributed by atoms with van der Waals surface area (Å²) in [7, 11) is 0. The molecule has 56 valence electrons. The molecule has 0 radical (unpaired) electrons. The van der Waals surface area contributed by atoms with E-state index in [1.54, 1.807) is 0 Å². The van der Waals surface area contributed by atoms with E-state index in [1.807, 2.05) is 6.92 Å². The number of rotatable bonds is 0. The number of hydrogen-bond acceptors (Lipinski definition) is 1. The molecule has 1 aliphatic rings. The topological polar surface area (TPSA) is 17.1 Å². The normalized spacial score (nSPS) is 26.7. The van der Waals surface area contributed by atoms with Crippen LogP contribution in [-0.2, 0) is 4.79 Å². The second kappa shape index (κ2) is 2.22. The average Bonchev–Trinajstić information content (AvgIpc) is 1.81. The predicted molar refractivity (Wildman–Crippen MR) is 41.8 cm³/mol. The smallest absolute Gasteiger partial charge is 0.156 e. The molecule has 0 fully saturated rings. The first-order chi connectivity index (χ1) is 4.92. The van der Waals surface area contributed by atoms with E-state index in [1.165, 1.54) is 0 Å². The highest BCUT2D eigenvalue weighted by molar-refractivity contribution is 5.91. The summed E-state index contributed by atoms with van der Waals surface area (Å²) in [4.78, 5) is 11.2. The third-order valence-corrected chi connectivity index (χ3v) is 1.74. The zero-order valence-electron chi connectivity index (χ0n) is 7.82. The Bertz CT molecular complexity index is 226. The van der Waals surface area contributed by atoms with Crippen molar-refractivity contribution in [1.29, 1.82) is 0 Å². The van der Waals surface area contributed by atoms with Crippen LogP contribution >= 0.6 is 0 Å². The van der Waals surface area contributed by atoms with Gasteiger partial charge in [-0.2, -0.15) is 0 Å². The second-order valence-corrected chi connectivity index (χ2v) is 3.85. The van der Waals surface area contributed by atoms with Gasteiger partial charge in [0, 0.05) is 6.42 Å². The van der Waals surface area contributed by atoms with Crippen molar-refractivity contribution in [2.75, 3.05) is 0 Å². The Morgan fingerprint density at radius 1 is 1.60 bits per heavy atom. The molecule has 0 amide bonds. The van der Waals surface area contributed by atoms with Gasteiger partial charge in [0.05, 0.1) is 1.37 Å². The molecule has 0 aliphatic heterocycles. The maximum Gasteiger partial charge on any atom is 0.156 e. The van der Waals surface area contributed by atoms with E-state index in [0.29, 0.717) is 6.42 Å². The molecule has 0 aromatic heterocycles. The van der Waals surface area contributed by atoms with Crippen molar-refractivity contribution in [2.45, 2.75) is 33.6 Å². The molecule has 1 nitrogen and oxygen atoms in total. The molecule has 0 unspecified atom stereocenters. The first-order valence-corrected chi connectivity index (χ1v) is 3.62. The van der Waals surface area contributed by atoms with Crippen molar-refractivity contribution < 1.29 is 6.17 Å². The van der Waals surface area contributed by atoms with E-state index >= 15 is 0 Å². The highest BCUT2D eigenvalue weighted by Crippen LogP contribution is 2.32. The lowest BCUT2D eigenvalue weighted by atomic mass is 9.77. The first-order valence-electron chi connectivity index (χ1n) is 4.12. The van der Waals surface area contributed by atoms with Gasteiger partial charge in [0.2, 0.25) is 0 Å². The maximum absolute atomic E-state index is 11.2. The number of carbonyl (C=O) groups excluding carboxylic acids is 1. The minimum absolute atomic E-state index is 0.00116. The van der Waals surface area contributed by atoms with E-state index < -0.39 is 0 Å². The van der Waals surface area contributed by atoms with Crippen LogP contribution in [0.15, 0.2) is 11.6 Å². The van der Waals surface area contributed by atoms with Crippen LogP contribution in [0, 0.1) is 5.41 Å². The molecule has 1 heteroatoms. The minimum Gasteiger partial charge on any atom is -0.295 e. The zero-order valence-corrected chi connectivity index (χ0v) is 6.82. The molecule has 0 aromatic carbocycles. The molecule has 0 bridgehead atoms. The molecule has 1 aliphatic carbocycles. The zero-order chi connectivity index (χ0) is 8.65. The standard InChI is InChI=1S/C9H14O/c1-7-4-8(10)6-9(2,3)5-7/h4H,5-6H2,1-3H3/i4T. The van der Waals surface area contributed by atoms with Crippen molar-refractivity contribution in [2.24, 2.45) is 5.41 Å². The number of hydrogen-bond donors (Lipinski definition) is 0. The van der Waals surface area contributed by atoms with E-state index in [-0.39, 0.29) is 17.3 Å². The van der Waals surface area contributed by atoms with Crippen molar-refractivity contribution in [3.05, 3.63) is 11.6 Å². The summed E-state index contributed by atoms with van der Waals surface area (Å²) in [6, 6.07) is 0.240. The molecule has 0 N–H and O–H groups in total. The van der Waals surface area contributed by atoms with Crippen molar-refractivity contribution >= 4 is 5.78 Å². The van der Waals surface area contributed by atoms with Crippen LogP contribution in [0.1, 0.15) is 35.0 Å². The van der Waals surface area contributed by atoms with Gasteiger partial charge in [0.15, 0.2) is 5.78 Å². The Morgan fingerprint density at radius 2 is 2.20 bits per heavy atom. The van der Waals surface area contributed by atoms with Gasteiger partial charge in [-0.3, -0.25) is 4.79 Å². The van der Waals surface area contributed by atoms with Crippen molar-refractivity contribution in [1.82, 2.24) is 0 Å². The molecule has 0 aromatic rings. The predicted octanol–water partition coefficient (Wildman–Crippen LogP) is 2.32. The summed E-state index contributed by atoms with van der Waals surface area (Å²) < 4.78 is 7.39. The maximum atomic E-state index is 11.2. The summed E-state index contributed by atoms with van der Waals surface area (Å²) in [6.45, 7) is 6.02. The average molecular weight is 140 g/mol. The summed E-state index contributed by atoms with van der Waals surface area (Å²) in [5.74, 6) is -0.00116. The lowest BCUT2D eigenvalue weighted by Gasteiger charge is -2.27. The van der Waals surface area contributed by atoms with Crippen LogP contribution in [-0.4, -0.2) is 5.78 Å². The Kier molecular flexibility index (Phi) is 1.37. The highest BCUT2D eigenvalue weighted by Gasteiger charge is 2.25. The minimum atomic E-state index is -0.00116. The number of ketones is 1. The van der Waals surface area contributed by atoms with Gasteiger partial charge >= 0.3 is 0 Å². The second-order valence-electron chi connectivity index (χ2n) is 3.85. The molecule has 0 saturated heterocycles. The van der Waals surface area contributed by atoms with Crippen molar-refractivity contribution in [3.8, 4) is 0 Å². The van der Waals surface area contributed by atoms with Crippen LogP contribution < -0.4 is 0 Å². The van der Waals surface area contributed by atoms with Crippen LogP contribution in [0.4, 0.5) is 0 Å². The molecular weight excluding hydrogens is 124 g/mol. The van der Waals surface area contributed by atoms with Gasteiger partial charge in [-0.25, -0.2) is 0 Å². The van der Waals surface area contributed by atoms with E-state index in [0.717, 1.165) is 12.0 Å². The van der Waals surface area contributed by atoms with Crippen molar-refractivity contribution in [3.63, 3.8) is 0 Å². The third kappa shape index (κ3) is 1.69. The van der Waals surface area contributed by atoms with Crippen LogP contribution in [0.5, 0.6) is 0 Å². The Labute approximate surface area is 63.5 Å². The van der Waals surface area contributed by atoms with E-state index in [4.69, 9.17) is 1.37 Å². The molecule has 0 saturated carbocycles. The highest BCUT2D eigenvalue weighted by atomic mass is 16.1. The fourth-order valence-corrected chi connectivity index (χ4v) is 1.54. The fraction of sp³-hybridized carbons (Fsp3) is 0.667. The molecule has 10 heavy (non-hydrogen) atoms. The monoisotopic (exact) mass is 140 g/mol. The summed E-state index contributed by atoms with van der Waals surface area (Å²) >= 11 is 0. The van der Waals surface area contributed by atoms with Crippen LogP contribution in [0.3, 0.4) is 0 Å². The van der Waals surface area contributed by atoms with Gasteiger partial charge in [0.25, 0.3) is 0 Å². The Balaban J connectivity index is 2.94. The summed E-state index contributed by atoms with van der Waals surface area (Å²) in [6.07, 6.45) is 1.42. The van der Waals surface area contributed by atoms with Gasteiger partial charge in [-0.05, 0) is 24.8 Å². The Morgan fingerprint density at radius 3 is 2.70 bits per heavy atom. The number of carbonyl (C=O) groups is 1. The molecular formula is C9H14O. The van der Waals surface area contributed by atoms with E-state index in [2.05, 4.69) is 13.8 Å². The van der Waals surface area contributed by atoms with Gasteiger partial charge in [-0.1, -0.05) is 19.4 Å². The SMILES string of the molecule is [3H]C1=C(C)CC(C)(C)CC1=O. The molecule has 0 heterocycles. The quantitative estimate of drug-likeness (QED) is 0.504. The molecule has 1 rings (SSSR count). The third-order valence-electron chi connectivity index (χ3n) is 1.74. The summed E-state index contributed by atoms with van der Waals surface area (Å²) in [5.41, 5.74) is 1.01. The number of allylic oxidation sites excluding steroid dienone is 2. The molecule has 0 spiro atoms. The van der Waals surface area contributed by atoms with Gasteiger partial charge < -0.3 is 0 Å². The van der Waals surface area contributed by atoms with Crippen LogP contribution in [0.25, 0.3) is 0 Å². The lowest BCUT2D eigenvalue weighted by Crippen LogP contribution is -2.20. The van der Waals surface area contributed by atoms with Gasteiger partial charge in [-0.15, -0.1) is 0 Å². The summed E-state index contributed by atoms with van der Waals surface area (Å²) in [5, 5.41) is 0. The van der Waals surface area contributed by atoms with Crippen LogP contribution in [0.2, 0.25) is 0 Å². The Hall–Kier alpha value is -0.590. The van der Waals surface area contributed by atoms with E-state index in [9.17, 15) is 4.79 Å². The van der Waals surface area contributed by atoms with Gasteiger partial charge in [0.1, 0.15) is 0 Å². The molecule has 0 atom stereocenters.